The van der Waals surface area contributed by atoms with E-state index >= 15 is 0 Å². The van der Waals surface area contributed by atoms with E-state index in [0.717, 1.165) is 9.52 Å². The smallest absolute Gasteiger partial charge is 0.344 e. The molecule has 0 radical (unpaired) electrons. The Bertz CT molecular complexity index is 9.61. The van der Waals surface area contributed by atoms with Crippen molar-refractivity contribution in [1.29, 1.82) is 0 Å². The minimum atomic E-state index is 0. The van der Waals surface area contributed by atoms with Gasteiger partial charge in [-0.1, -0.05) is 0 Å². The largest absolute Gasteiger partial charge is 1.00 e. The fourth-order valence-corrected chi connectivity index (χ4v) is 0. The summed E-state index contributed by atoms with van der Waals surface area (Å²) in [6.07, 6.45) is 0. The average Bonchev–Trinajstić information content (AvgIpc) is 0.918. The summed E-state index contributed by atoms with van der Waals surface area (Å²) >= 11 is 0. The van der Waals surface area contributed by atoms with E-state index in [1.807, 2.05) is 0 Å². The second kappa shape index (κ2) is 19.1. The van der Waals surface area contributed by atoms with Crippen LogP contribution in [-0.4, -0.2) is 9.52 Å². The van der Waals surface area contributed by atoms with Crippen molar-refractivity contribution >= 4 is 9.52 Å². The summed E-state index contributed by atoms with van der Waals surface area (Å²) in [6.45, 7) is 4.42. The van der Waals surface area contributed by atoms with Crippen LogP contribution < -0.4 is 35.7 Å². The van der Waals surface area contributed by atoms with Gasteiger partial charge in [0.05, 0.1) is 0 Å². The summed E-state index contributed by atoms with van der Waals surface area (Å²) in [5.41, 5.74) is 0. The minimum Gasteiger partial charge on any atom is -0.344 e. The molecule has 0 aromatic heterocycles. The Kier molecular flexibility index (Phi) is 62.5. The quantitative estimate of drug-likeness (QED) is 0.340. The topological polar surface area (TPSA) is 35.0 Å². The van der Waals surface area contributed by atoms with E-state index in [1.165, 1.54) is 0 Å². The first-order chi connectivity index (χ1) is 1.41. The second-order valence-corrected chi connectivity index (χ2v) is 1.73. The molecule has 3 N–H and O–H groups in total. The Balaban J connectivity index is -0.0000000200. The average molecular weight is 99.2 g/mol. The minimum absolute atomic E-state index is 0. The van der Waals surface area contributed by atoms with Gasteiger partial charge in [-0.3, -0.25) is 9.52 Å². The third-order valence-electron chi connectivity index (χ3n) is 0. The van der Waals surface area contributed by atoms with Crippen molar-refractivity contribution < 1.29 is 29.6 Å². The maximum atomic E-state index is 2.21. The van der Waals surface area contributed by atoms with Crippen LogP contribution in [0.1, 0.15) is 0 Å². The van der Waals surface area contributed by atoms with Gasteiger partial charge >= 0.3 is 29.6 Å². The van der Waals surface area contributed by atoms with Crippen molar-refractivity contribution in [2.75, 3.05) is 0 Å². The van der Waals surface area contributed by atoms with Crippen LogP contribution in [0.2, 0.25) is 13.1 Å². The van der Waals surface area contributed by atoms with E-state index in [0.29, 0.717) is 0 Å². The van der Waals surface area contributed by atoms with Crippen LogP contribution in [0.25, 0.3) is 0 Å². The van der Waals surface area contributed by atoms with Crippen molar-refractivity contribution in [2.24, 2.45) is 0 Å². The Morgan fingerprint density at radius 2 is 1.20 bits per heavy atom. The standard InChI is InChI=1S/C2H7Si.H3N.Na/c1-3-2;;/h3H,1-2H3;1H3;/q-1;;+1. The molecule has 0 unspecified atom stereocenters. The Morgan fingerprint density at radius 3 is 1.20 bits per heavy atom. The van der Waals surface area contributed by atoms with Crippen molar-refractivity contribution in [1.82, 2.24) is 6.15 Å². The van der Waals surface area contributed by atoms with Gasteiger partial charge in [0, 0.05) is 0 Å². The zero-order valence-electron chi connectivity index (χ0n) is 4.28. The Hall–Kier alpha value is 1.18. The van der Waals surface area contributed by atoms with E-state index < -0.39 is 0 Å². The molecule has 0 heterocycles. The van der Waals surface area contributed by atoms with Crippen LogP contribution in [0, 0.1) is 0 Å². The van der Waals surface area contributed by atoms with Gasteiger partial charge in [-0.05, 0) is 0 Å². The van der Waals surface area contributed by atoms with Crippen LogP contribution in [-0.2, 0) is 0 Å². The summed E-state index contributed by atoms with van der Waals surface area (Å²) in [4.78, 5) is 0. The third kappa shape index (κ3) is 37.7. The molecule has 0 aromatic rings. The van der Waals surface area contributed by atoms with Crippen molar-refractivity contribution in [2.45, 2.75) is 13.1 Å². The van der Waals surface area contributed by atoms with Crippen molar-refractivity contribution in [3.8, 4) is 0 Å². The molecule has 0 aliphatic rings. The van der Waals surface area contributed by atoms with Gasteiger partial charge in [0.15, 0.2) is 0 Å². The molecule has 0 bridgehead atoms. The normalized spacial score (nSPS) is 3.60. The van der Waals surface area contributed by atoms with Crippen LogP contribution in [0.5, 0.6) is 0 Å². The molecule has 3 heteroatoms. The number of hydrogen-bond donors (Lipinski definition) is 1. The molecule has 0 spiro atoms. The molecule has 0 aromatic carbocycles. The van der Waals surface area contributed by atoms with Crippen LogP contribution >= 0.6 is 0 Å². The molecule has 5 heavy (non-hydrogen) atoms. The second-order valence-electron chi connectivity index (χ2n) is 0.577. The van der Waals surface area contributed by atoms with Crippen LogP contribution in [0.15, 0.2) is 0 Å². The molecule has 0 rings (SSSR count). The zero-order chi connectivity index (χ0) is 2.71. The van der Waals surface area contributed by atoms with E-state index in [1.54, 1.807) is 0 Å². The third-order valence-corrected chi connectivity index (χ3v) is 0. The molecule has 0 atom stereocenters. The van der Waals surface area contributed by atoms with E-state index in [9.17, 15) is 0 Å². The first kappa shape index (κ1) is 16.4. The predicted molar refractivity (Wildman–Crippen MR) is 23.9 cm³/mol. The molecule has 28 valence electrons. The molecular formula is C2H10NNaSi. The summed E-state index contributed by atoms with van der Waals surface area (Å²) < 4.78 is 0. The monoisotopic (exact) mass is 99.0 g/mol. The molecule has 0 saturated heterocycles. The fourth-order valence-electron chi connectivity index (χ4n) is 0. The molecule has 0 aliphatic carbocycles. The van der Waals surface area contributed by atoms with Gasteiger partial charge in [-0.2, -0.15) is 13.1 Å². The molecule has 0 saturated carbocycles. The van der Waals surface area contributed by atoms with Crippen LogP contribution in [0.3, 0.4) is 0 Å². The van der Waals surface area contributed by atoms with E-state index in [2.05, 4.69) is 13.1 Å². The number of rotatable bonds is 0. The zero-order valence-corrected chi connectivity index (χ0v) is 7.44. The predicted octanol–water partition coefficient (Wildman–Crippen LogP) is -2.31. The van der Waals surface area contributed by atoms with Crippen LogP contribution in [0.4, 0.5) is 0 Å². The SMILES string of the molecule is C[SiH-]C.N.[Na+]. The molecular weight excluding hydrogens is 89.1 g/mol. The summed E-state index contributed by atoms with van der Waals surface area (Å²) in [7, 11) is 0.750. The van der Waals surface area contributed by atoms with Gasteiger partial charge in [0.1, 0.15) is 0 Å². The van der Waals surface area contributed by atoms with Crippen molar-refractivity contribution in [3.05, 3.63) is 0 Å². The van der Waals surface area contributed by atoms with Gasteiger partial charge in [-0.25, -0.2) is 0 Å². The van der Waals surface area contributed by atoms with Crippen molar-refractivity contribution in [3.63, 3.8) is 0 Å². The van der Waals surface area contributed by atoms with Gasteiger partial charge in [0.25, 0.3) is 0 Å². The van der Waals surface area contributed by atoms with Gasteiger partial charge in [-0.15, -0.1) is 0 Å². The maximum Gasteiger partial charge on any atom is 1.00 e. The molecule has 0 aliphatic heterocycles. The molecule has 1 nitrogen and oxygen atoms in total. The summed E-state index contributed by atoms with van der Waals surface area (Å²) in [5, 5.41) is 0. The van der Waals surface area contributed by atoms with Gasteiger partial charge < -0.3 is 6.15 Å². The Morgan fingerprint density at radius 1 is 1.20 bits per heavy atom. The van der Waals surface area contributed by atoms with Gasteiger partial charge in [0.2, 0.25) is 0 Å². The first-order valence-electron chi connectivity index (χ1n) is 1.15. The summed E-state index contributed by atoms with van der Waals surface area (Å²) in [6, 6.07) is 0. The maximum absolute atomic E-state index is 2.21. The molecule has 0 amide bonds. The fraction of sp³-hybridized carbons (Fsp3) is 1.00. The summed E-state index contributed by atoms with van der Waals surface area (Å²) in [5.74, 6) is 0. The Labute approximate surface area is 58.2 Å². The first-order valence-corrected chi connectivity index (χ1v) is 3.46. The molecule has 0 fully saturated rings. The van der Waals surface area contributed by atoms with E-state index in [4.69, 9.17) is 0 Å². The number of hydrogen-bond acceptors (Lipinski definition) is 1. The van der Waals surface area contributed by atoms with E-state index in [-0.39, 0.29) is 35.7 Å².